The predicted molar refractivity (Wildman–Crippen MR) is 73.5 cm³/mol. The number of phenols is 1. The molecule has 3 nitrogen and oxygen atoms in total. The zero-order chi connectivity index (χ0) is 13.0. The molecule has 0 unspecified atom stereocenters. The van der Waals surface area contributed by atoms with Crippen LogP contribution < -0.4 is 0 Å². The van der Waals surface area contributed by atoms with Crippen LogP contribution in [0.25, 0.3) is 0 Å². The quantitative estimate of drug-likeness (QED) is 0.849. The number of carbonyl (C=O) groups excluding carboxylic acids is 1. The highest BCUT2D eigenvalue weighted by molar-refractivity contribution is 8.00. The molecule has 0 bridgehead atoms. The Morgan fingerprint density at radius 1 is 1.44 bits per heavy atom. The maximum Gasteiger partial charge on any atom is 0.236 e. The first-order chi connectivity index (χ1) is 8.68. The van der Waals surface area contributed by atoms with Crippen LogP contribution in [0.2, 0.25) is 0 Å². The number of rotatable bonds is 4. The van der Waals surface area contributed by atoms with E-state index in [2.05, 4.69) is 6.08 Å². The minimum absolute atomic E-state index is 0.0800. The summed E-state index contributed by atoms with van der Waals surface area (Å²) >= 11 is 1.37. The van der Waals surface area contributed by atoms with Crippen LogP contribution in [0.4, 0.5) is 0 Å². The van der Waals surface area contributed by atoms with E-state index < -0.39 is 0 Å². The molecule has 0 atom stereocenters. The number of aromatic hydroxyl groups is 1. The molecule has 0 spiro atoms. The van der Waals surface area contributed by atoms with Gasteiger partial charge in [-0.25, -0.2) is 0 Å². The van der Waals surface area contributed by atoms with E-state index in [0.29, 0.717) is 5.75 Å². The van der Waals surface area contributed by atoms with Crippen molar-refractivity contribution in [2.24, 2.45) is 0 Å². The predicted octanol–water partition coefficient (Wildman–Crippen LogP) is 3.01. The summed E-state index contributed by atoms with van der Waals surface area (Å²) in [5.74, 6) is 0.667. The molecule has 4 heteroatoms. The monoisotopic (exact) mass is 263 g/mol. The Morgan fingerprint density at radius 2 is 2.22 bits per heavy atom. The first-order valence-electron chi connectivity index (χ1n) is 6.05. The Kier molecular flexibility index (Phi) is 4.31. The Morgan fingerprint density at radius 3 is 2.89 bits per heavy atom. The van der Waals surface area contributed by atoms with Crippen molar-refractivity contribution in [2.75, 3.05) is 12.8 Å². The van der Waals surface area contributed by atoms with Crippen molar-refractivity contribution < 1.29 is 9.90 Å². The molecule has 2 rings (SSSR count). The fourth-order valence-corrected chi connectivity index (χ4v) is 2.80. The topological polar surface area (TPSA) is 40.5 Å². The van der Waals surface area contributed by atoms with Gasteiger partial charge in [-0.15, -0.1) is 11.8 Å². The largest absolute Gasteiger partial charge is 0.507 e. The average Bonchev–Trinajstić information content (AvgIpc) is 2.90. The molecule has 1 aliphatic rings. The van der Waals surface area contributed by atoms with Gasteiger partial charge in [-0.05, 0) is 31.4 Å². The van der Waals surface area contributed by atoms with Gasteiger partial charge in [0.2, 0.25) is 5.91 Å². The number of hydrogen-bond acceptors (Lipinski definition) is 3. The number of hydrogen-bond donors (Lipinski definition) is 1. The molecule has 1 aromatic rings. The van der Waals surface area contributed by atoms with E-state index in [4.69, 9.17) is 0 Å². The molecule has 0 saturated carbocycles. The van der Waals surface area contributed by atoms with Gasteiger partial charge in [-0.1, -0.05) is 18.2 Å². The standard InChI is InChI=1S/C14H17NO2S/c1-15(11-6-2-3-7-11)14(17)10-18-13-9-5-4-8-12(13)16/h4-6,8-9,16H,2-3,7,10H2,1H3. The average molecular weight is 263 g/mol. The maximum absolute atomic E-state index is 12.0. The zero-order valence-corrected chi connectivity index (χ0v) is 11.2. The number of thioether (sulfide) groups is 1. The fourth-order valence-electron chi connectivity index (χ4n) is 1.93. The zero-order valence-electron chi connectivity index (χ0n) is 10.4. The SMILES string of the molecule is CN(C(=O)CSc1ccccc1O)C1=CCCC1. The van der Waals surface area contributed by atoms with Gasteiger partial charge >= 0.3 is 0 Å². The second-order valence-corrected chi connectivity index (χ2v) is 5.31. The first-order valence-corrected chi connectivity index (χ1v) is 7.03. The van der Waals surface area contributed by atoms with Crippen LogP contribution >= 0.6 is 11.8 Å². The third-order valence-electron chi connectivity index (χ3n) is 3.04. The van der Waals surface area contributed by atoms with E-state index in [1.807, 2.05) is 19.2 Å². The van der Waals surface area contributed by atoms with Crippen molar-refractivity contribution >= 4 is 17.7 Å². The summed E-state index contributed by atoms with van der Waals surface area (Å²) < 4.78 is 0. The molecule has 0 aliphatic heterocycles. The number of para-hydroxylation sites is 1. The lowest BCUT2D eigenvalue weighted by atomic mass is 10.3. The molecule has 18 heavy (non-hydrogen) atoms. The molecule has 0 heterocycles. The normalized spacial score (nSPS) is 14.4. The van der Waals surface area contributed by atoms with Crippen LogP contribution in [0.1, 0.15) is 19.3 Å². The van der Waals surface area contributed by atoms with Crippen molar-refractivity contribution in [1.29, 1.82) is 0 Å². The molecular formula is C14H17NO2S. The minimum Gasteiger partial charge on any atom is -0.507 e. The highest BCUT2D eigenvalue weighted by atomic mass is 32.2. The smallest absolute Gasteiger partial charge is 0.236 e. The van der Waals surface area contributed by atoms with E-state index in [9.17, 15) is 9.90 Å². The van der Waals surface area contributed by atoms with E-state index in [0.717, 1.165) is 29.9 Å². The lowest BCUT2D eigenvalue weighted by Crippen LogP contribution is -2.26. The van der Waals surface area contributed by atoms with Gasteiger partial charge in [0, 0.05) is 17.6 Å². The molecule has 1 aromatic carbocycles. The molecule has 0 fully saturated rings. The summed E-state index contributed by atoms with van der Waals surface area (Å²) in [7, 11) is 1.82. The van der Waals surface area contributed by atoms with Gasteiger partial charge in [0.05, 0.1) is 5.75 Å². The summed E-state index contributed by atoms with van der Waals surface area (Å²) in [5, 5.41) is 9.62. The summed E-state index contributed by atoms with van der Waals surface area (Å²) in [6, 6.07) is 7.09. The Bertz CT molecular complexity index is 471. The second kappa shape index (κ2) is 5.96. The summed E-state index contributed by atoms with van der Waals surface area (Å²) in [4.78, 5) is 14.5. The highest BCUT2D eigenvalue weighted by Crippen LogP contribution is 2.28. The maximum atomic E-state index is 12.0. The van der Waals surface area contributed by atoms with Gasteiger partial charge in [-0.2, -0.15) is 0 Å². The molecule has 0 saturated heterocycles. The van der Waals surface area contributed by atoms with E-state index in [1.54, 1.807) is 17.0 Å². The van der Waals surface area contributed by atoms with Crippen LogP contribution in [0.15, 0.2) is 40.9 Å². The molecular weight excluding hydrogens is 246 g/mol. The van der Waals surface area contributed by atoms with Crippen molar-refractivity contribution in [2.45, 2.75) is 24.2 Å². The molecule has 0 aromatic heterocycles. The van der Waals surface area contributed by atoms with Crippen LogP contribution in [-0.2, 0) is 4.79 Å². The number of carbonyl (C=O) groups is 1. The van der Waals surface area contributed by atoms with E-state index >= 15 is 0 Å². The van der Waals surface area contributed by atoms with E-state index in [-0.39, 0.29) is 11.7 Å². The molecule has 0 radical (unpaired) electrons. The van der Waals surface area contributed by atoms with Crippen LogP contribution in [0, 0.1) is 0 Å². The van der Waals surface area contributed by atoms with Crippen LogP contribution in [-0.4, -0.2) is 28.7 Å². The summed E-state index contributed by atoms with van der Waals surface area (Å²) in [6.07, 6.45) is 5.32. The van der Waals surface area contributed by atoms with Crippen molar-refractivity contribution in [1.82, 2.24) is 4.90 Å². The molecule has 1 amide bonds. The molecule has 1 aliphatic carbocycles. The van der Waals surface area contributed by atoms with Crippen LogP contribution in [0.5, 0.6) is 5.75 Å². The lowest BCUT2D eigenvalue weighted by molar-refractivity contribution is -0.125. The number of nitrogens with zero attached hydrogens (tertiary/aromatic N) is 1. The second-order valence-electron chi connectivity index (χ2n) is 4.30. The van der Waals surface area contributed by atoms with Crippen molar-refractivity contribution in [3.05, 3.63) is 36.0 Å². The van der Waals surface area contributed by atoms with Gasteiger partial charge in [0.15, 0.2) is 0 Å². The third kappa shape index (κ3) is 3.07. The van der Waals surface area contributed by atoms with Gasteiger partial charge < -0.3 is 10.0 Å². The van der Waals surface area contributed by atoms with Crippen LogP contribution in [0.3, 0.4) is 0 Å². The summed E-state index contributed by atoms with van der Waals surface area (Å²) in [6.45, 7) is 0. The fraction of sp³-hybridized carbons (Fsp3) is 0.357. The molecule has 1 N–H and O–H groups in total. The lowest BCUT2D eigenvalue weighted by Gasteiger charge is -2.18. The number of phenolic OH excluding ortho intramolecular Hbond substituents is 1. The van der Waals surface area contributed by atoms with Crippen molar-refractivity contribution in [3.8, 4) is 5.75 Å². The van der Waals surface area contributed by atoms with Gasteiger partial charge in [0.25, 0.3) is 0 Å². The van der Waals surface area contributed by atoms with Crippen molar-refractivity contribution in [3.63, 3.8) is 0 Å². The first kappa shape index (κ1) is 13.0. The Hall–Kier alpha value is -1.42. The third-order valence-corrected chi connectivity index (χ3v) is 4.09. The highest BCUT2D eigenvalue weighted by Gasteiger charge is 2.16. The Labute approximate surface area is 111 Å². The number of amides is 1. The number of benzene rings is 1. The molecule has 96 valence electrons. The van der Waals surface area contributed by atoms with E-state index in [1.165, 1.54) is 11.8 Å². The van der Waals surface area contributed by atoms with Gasteiger partial charge in [0.1, 0.15) is 5.75 Å². The minimum atomic E-state index is 0.0800. The Balaban J connectivity index is 1.90. The number of allylic oxidation sites excluding steroid dienone is 2. The summed E-state index contributed by atoms with van der Waals surface area (Å²) in [5.41, 5.74) is 1.12. The van der Waals surface area contributed by atoms with Gasteiger partial charge in [-0.3, -0.25) is 4.79 Å².